The third kappa shape index (κ3) is 5.43. The number of aryl methyl sites for hydroxylation is 1. The summed E-state index contributed by atoms with van der Waals surface area (Å²) in [6.45, 7) is 1.30. The van der Waals surface area contributed by atoms with E-state index >= 15 is 0 Å². The molecule has 1 aliphatic heterocycles. The Bertz CT molecular complexity index is 706. The lowest BCUT2D eigenvalue weighted by molar-refractivity contribution is -0.126. The molecule has 1 fully saturated rings. The first-order valence-corrected chi connectivity index (χ1v) is 10.3. The molecular weight excluding hydrogens is 354 g/mol. The van der Waals surface area contributed by atoms with Crippen molar-refractivity contribution in [1.82, 2.24) is 13.9 Å². The van der Waals surface area contributed by atoms with E-state index in [0.29, 0.717) is 19.5 Å². The molecule has 1 aromatic rings. The van der Waals surface area contributed by atoms with Crippen molar-refractivity contribution in [1.29, 1.82) is 0 Å². The molecule has 1 N–H and O–H groups in total. The van der Waals surface area contributed by atoms with Crippen molar-refractivity contribution in [3.05, 3.63) is 29.8 Å². The lowest BCUT2D eigenvalue weighted by Crippen LogP contribution is -2.48. The van der Waals surface area contributed by atoms with Gasteiger partial charge >= 0.3 is 0 Å². The molecule has 1 aliphatic rings. The minimum Gasteiger partial charge on any atom is -0.497 e. The fourth-order valence-corrected chi connectivity index (χ4v) is 4.26. The summed E-state index contributed by atoms with van der Waals surface area (Å²) in [5.74, 6) is 0.487. The molecule has 1 heterocycles. The normalized spacial score (nSPS) is 18.7. The Morgan fingerprint density at radius 2 is 2.15 bits per heavy atom. The van der Waals surface area contributed by atoms with Crippen LogP contribution >= 0.6 is 0 Å². The average molecular weight is 384 g/mol. The van der Waals surface area contributed by atoms with Gasteiger partial charge in [-0.2, -0.15) is 17.0 Å². The summed E-state index contributed by atoms with van der Waals surface area (Å²) in [4.78, 5) is 12.4. The third-order valence-corrected chi connectivity index (χ3v) is 6.53. The topological polar surface area (TPSA) is 79.0 Å². The summed E-state index contributed by atoms with van der Waals surface area (Å²) in [6.07, 6.45) is 3.10. The molecule has 146 valence electrons. The van der Waals surface area contributed by atoms with E-state index in [1.807, 2.05) is 24.3 Å². The van der Waals surface area contributed by atoms with Gasteiger partial charge < -0.3 is 10.1 Å². The Hall–Kier alpha value is -1.64. The van der Waals surface area contributed by atoms with Gasteiger partial charge in [-0.3, -0.25) is 4.79 Å². The van der Waals surface area contributed by atoms with E-state index in [1.54, 1.807) is 7.11 Å². The van der Waals surface area contributed by atoms with Crippen molar-refractivity contribution >= 4 is 16.1 Å². The SMILES string of the molecule is COc1cccc(CCCNC(=O)[C@H]2CCCN(S(=O)(=O)N(C)C)C2)c1. The summed E-state index contributed by atoms with van der Waals surface area (Å²) in [6, 6.07) is 7.89. The lowest BCUT2D eigenvalue weighted by atomic mass is 9.99. The molecular formula is C18H29N3O4S. The molecule has 0 saturated carbocycles. The standard InChI is InChI=1S/C18H29N3O4S/c1-20(2)26(23,24)21-12-6-9-16(14-21)18(22)19-11-5-8-15-7-4-10-17(13-15)25-3/h4,7,10,13,16H,5-6,8-9,11-12,14H2,1-3H3,(H,19,22)/t16-/m0/s1. The molecule has 0 spiro atoms. The largest absolute Gasteiger partial charge is 0.497 e. The van der Waals surface area contributed by atoms with Crippen LogP contribution < -0.4 is 10.1 Å². The number of methoxy groups -OCH3 is 1. The minimum atomic E-state index is -3.46. The monoisotopic (exact) mass is 383 g/mol. The van der Waals surface area contributed by atoms with Crippen molar-refractivity contribution in [2.24, 2.45) is 5.92 Å². The quantitative estimate of drug-likeness (QED) is 0.686. The van der Waals surface area contributed by atoms with Gasteiger partial charge in [-0.15, -0.1) is 0 Å². The van der Waals surface area contributed by atoms with Gasteiger partial charge in [-0.25, -0.2) is 0 Å². The second-order valence-corrected chi connectivity index (χ2v) is 8.88. The van der Waals surface area contributed by atoms with E-state index in [9.17, 15) is 13.2 Å². The van der Waals surface area contributed by atoms with Crippen molar-refractivity contribution in [3.8, 4) is 5.75 Å². The van der Waals surface area contributed by atoms with E-state index in [-0.39, 0.29) is 18.4 Å². The highest BCUT2D eigenvalue weighted by Crippen LogP contribution is 2.20. The summed E-state index contributed by atoms with van der Waals surface area (Å²) < 4.78 is 32.3. The maximum atomic E-state index is 12.4. The van der Waals surface area contributed by atoms with Crippen LogP contribution in [-0.4, -0.2) is 63.8 Å². The maximum absolute atomic E-state index is 12.4. The van der Waals surface area contributed by atoms with Gasteiger partial charge in [0.1, 0.15) is 5.75 Å². The Kier molecular flexibility index (Phi) is 7.43. The number of benzene rings is 1. The molecule has 1 amide bonds. The highest BCUT2D eigenvalue weighted by Gasteiger charge is 2.33. The summed E-state index contributed by atoms with van der Waals surface area (Å²) in [5.41, 5.74) is 1.17. The van der Waals surface area contributed by atoms with Gasteiger partial charge in [0.2, 0.25) is 5.91 Å². The number of nitrogens with one attached hydrogen (secondary N) is 1. The molecule has 0 unspecified atom stereocenters. The van der Waals surface area contributed by atoms with E-state index in [1.165, 1.54) is 28.3 Å². The molecule has 8 heteroatoms. The minimum absolute atomic E-state index is 0.0608. The summed E-state index contributed by atoms with van der Waals surface area (Å²) >= 11 is 0. The highest BCUT2D eigenvalue weighted by atomic mass is 32.2. The van der Waals surface area contributed by atoms with Gasteiger partial charge in [0.05, 0.1) is 13.0 Å². The molecule has 0 aliphatic carbocycles. The van der Waals surface area contributed by atoms with Crippen LogP contribution in [0.5, 0.6) is 5.75 Å². The van der Waals surface area contributed by atoms with Crippen LogP contribution in [0.2, 0.25) is 0 Å². The first-order valence-electron chi connectivity index (χ1n) is 8.93. The Morgan fingerprint density at radius 1 is 1.38 bits per heavy atom. The highest BCUT2D eigenvalue weighted by molar-refractivity contribution is 7.86. The van der Waals surface area contributed by atoms with Gasteiger partial charge in [-0.1, -0.05) is 12.1 Å². The Morgan fingerprint density at radius 3 is 2.85 bits per heavy atom. The summed E-state index contributed by atoms with van der Waals surface area (Å²) in [7, 11) is 1.21. The second kappa shape index (κ2) is 9.34. The zero-order valence-electron chi connectivity index (χ0n) is 15.8. The van der Waals surface area contributed by atoms with E-state index < -0.39 is 10.2 Å². The number of hydrogen-bond donors (Lipinski definition) is 1. The molecule has 26 heavy (non-hydrogen) atoms. The molecule has 7 nitrogen and oxygen atoms in total. The Labute approximate surface area is 156 Å². The number of nitrogens with zero attached hydrogens (tertiary/aromatic N) is 2. The first kappa shape index (κ1) is 20.7. The Balaban J connectivity index is 1.78. The first-order chi connectivity index (χ1) is 12.3. The predicted octanol–water partition coefficient (Wildman–Crippen LogP) is 1.26. The molecule has 0 radical (unpaired) electrons. The zero-order valence-corrected chi connectivity index (χ0v) is 16.6. The van der Waals surface area contributed by atoms with Crippen LogP contribution in [0.4, 0.5) is 0 Å². The fourth-order valence-electron chi connectivity index (χ4n) is 3.07. The van der Waals surface area contributed by atoms with Crippen molar-refractivity contribution in [2.75, 3.05) is 40.8 Å². The van der Waals surface area contributed by atoms with Gasteiger partial charge in [0, 0.05) is 33.7 Å². The van der Waals surface area contributed by atoms with Crippen molar-refractivity contribution in [2.45, 2.75) is 25.7 Å². The fraction of sp³-hybridized carbons (Fsp3) is 0.611. The van der Waals surface area contributed by atoms with Crippen LogP contribution in [0.3, 0.4) is 0 Å². The van der Waals surface area contributed by atoms with Crippen LogP contribution in [0, 0.1) is 5.92 Å². The zero-order chi connectivity index (χ0) is 19.2. The summed E-state index contributed by atoms with van der Waals surface area (Å²) in [5, 5.41) is 2.95. The van der Waals surface area contributed by atoms with Crippen LogP contribution in [0.1, 0.15) is 24.8 Å². The lowest BCUT2D eigenvalue weighted by Gasteiger charge is -2.32. The van der Waals surface area contributed by atoms with Crippen LogP contribution in [0.15, 0.2) is 24.3 Å². The van der Waals surface area contributed by atoms with Crippen molar-refractivity contribution < 1.29 is 17.9 Å². The van der Waals surface area contributed by atoms with Gasteiger partial charge in [0.25, 0.3) is 10.2 Å². The second-order valence-electron chi connectivity index (χ2n) is 6.73. The number of hydrogen-bond acceptors (Lipinski definition) is 4. The third-order valence-electron chi connectivity index (χ3n) is 4.62. The van der Waals surface area contributed by atoms with E-state index in [2.05, 4.69) is 5.32 Å². The van der Waals surface area contributed by atoms with Gasteiger partial charge in [0.15, 0.2) is 0 Å². The number of carbonyl (C=O) groups excluding carboxylic acids is 1. The number of carbonyl (C=O) groups is 1. The van der Waals surface area contributed by atoms with Crippen LogP contribution in [0.25, 0.3) is 0 Å². The van der Waals surface area contributed by atoms with Gasteiger partial charge in [-0.05, 0) is 43.4 Å². The molecule has 1 saturated heterocycles. The number of rotatable bonds is 8. The molecule has 0 bridgehead atoms. The number of ether oxygens (including phenoxy) is 1. The maximum Gasteiger partial charge on any atom is 0.281 e. The number of piperidine rings is 1. The predicted molar refractivity (Wildman–Crippen MR) is 101 cm³/mol. The molecule has 1 atom stereocenters. The average Bonchev–Trinajstić information content (AvgIpc) is 2.65. The molecule has 2 rings (SSSR count). The molecule has 1 aromatic carbocycles. The number of amides is 1. The van der Waals surface area contributed by atoms with E-state index in [0.717, 1.165) is 25.0 Å². The smallest absolute Gasteiger partial charge is 0.281 e. The van der Waals surface area contributed by atoms with Crippen LogP contribution in [-0.2, 0) is 21.4 Å². The molecule has 0 aromatic heterocycles. The van der Waals surface area contributed by atoms with Crippen molar-refractivity contribution in [3.63, 3.8) is 0 Å². The van der Waals surface area contributed by atoms with E-state index in [4.69, 9.17) is 4.74 Å².